The van der Waals surface area contributed by atoms with E-state index >= 15 is 0 Å². The molecule has 4 rings (SSSR count). The molecule has 1 amide bonds. The smallest absolute Gasteiger partial charge is 0.280 e. The van der Waals surface area contributed by atoms with Gasteiger partial charge < -0.3 is 45.8 Å². The summed E-state index contributed by atoms with van der Waals surface area (Å²) >= 11 is 5.77. The number of anilines is 2. The number of unbranched alkanes of at least 4 members (excludes halogenated alkanes) is 1. The van der Waals surface area contributed by atoms with Crippen LogP contribution in [0.2, 0.25) is 5.15 Å². The van der Waals surface area contributed by atoms with Gasteiger partial charge in [0, 0.05) is 13.1 Å². The predicted octanol–water partition coefficient (Wildman–Crippen LogP) is 2.84. The van der Waals surface area contributed by atoms with E-state index in [1.54, 1.807) is 0 Å². The molecule has 2 aromatic rings. The maximum absolute atomic E-state index is 12.2. The first-order valence-corrected chi connectivity index (χ1v) is 15.2. The van der Waals surface area contributed by atoms with E-state index in [0.717, 1.165) is 58.0 Å². The van der Waals surface area contributed by atoms with Crippen LogP contribution < -0.4 is 27.3 Å². The number of nitrogens with one attached hydrogen (secondary N) is 1. The Morgan fingerprint density at radius 2 is 1.51 bits per heavy atom. The van der Waals surface area contributed by atoms with Gasteiger partial charge in [-0.05, 0) is 78.7 Å². The summed E-state index contributed by atoms with van der Waals surface area (Å²) in [5, 5.41) is 2.30. The fourth-order valence-corrected chi connectivity index (χ4v) is 3.92. The Bertz CT molecular complexity index is 1190. The average molecular weight is 653 g/mol. The number of nitrogens with zero attached hydrogens (tertiary/aromatic N) is 4. The number of likely N-dealkylation sites (N-methyl/N-ethyl adjacent to an activating group) is 1. The molecule has 2 fully saturated rings. The van der Waals surface area contributed by atoms with Crippen LogP contribution in [0.1, 0.15) is 56.6 Å². The molecule has 0 atom stereocenters. The molecule has 15 heteroatoms. The zero-order chi connectivity index (χ0) is 33.5. The van der Waals surface area contributed by atoms with Crippen molar-refractivity contribution in [3.05, 3.63) is 40.7 Å². The molecule has 252 valence electrons. The highest BCUT2D eigenvalue weighted by Gasteiger charge is 2.24. The number of benzene rings is 1. The van der Waals surface area contributed by atoms with Gasteiger partial charge >= 0.3 is 0 Å². The Hall–Kier alpha value is -3.27. The van der Waals surface area contributed by atoms with E-state index in [9.17, 15) is 4.79 Å². The lowest BCUT2D eigenvalue weighted by Gasteiger charge is -2.13. The molecule has 0 radical (unpaired) electrons. The van der Waals surface area contributed by atoms with Crippen molar-refractivity contribution in [1.82, 2.24) is 20.2 Å². The van der Waals surface area contributed by atoms with E-state index in [2.05, 4.69) is 37.3 Å². The Labute approximate surface area is 270 Å². The quantitative estimate of drug-likeness (QED) is 0.167. The van der Waals surface area contributed by atoms with Crippen LogP contribution in [0.15, 0.2) is 29.3 Å². The summed E-state index contributed by atoms with van der Waals surface area (Å²) in [5.41, 5.74) is 17.9. The second kappa shape index (κ2) is 18.6. The summed E-state index contributed by atoms with van der Waals surface area (Å²) in [6.45, 7) is 12.6. The third-order valence-electron chi connectivity index (χ3n) is 6.21. The van der Waals surface area contributed by atoms with Gasteiger partial charge in [0.15, 0.2) is 40.0 Å². The van der Waals surface area contributed by atoms with Crippen molar-refractivity contribution in [3.8, 4) is 5.75 Å². The highest BCUT2D eigenvalue weighted by atomic mass is 35.5. The Kier molecular flexibility index (Phi) is 15.7. The molecule has 0 unspecified atom stereocenters. The number of aryl methyl sites for hydroxylation is 1. The maximum Gasteiger partial charge on any atom is 0.280 e. The maximum atomic E-state index is 12.2. The molecule has 2 saturated heterocycles. The van der Waals surface area contributed by atoms with Gasteiger partial charge in [-0.25, -0.2) is 9.97 Å². The van der Waals surface area contributed by atoms with Crippen LogP contribution in [0, 0.1) is 0 Å². The summed E-state index contributed by atoms with van der Waals surface area (Å²) < 4.78 is 26.2. The van der Waals surface area contributed by atoms with E-state index in [0.29, 0.717) is 13.2 Å². The number of aromatic nitrogens is 2. The topological polar surface area (TPSA) is 195 Å². The average Bonchev–Trinajstić information content (AvgIpc) is 3.57. The van der Waals surface area contributed by atoms with Crippen LogP contribution in [0.3, 0.4) is 0 Å². The zero-order valence-electron chi connectivity index (χ0n) is 27.2. The Balaban J connectivity index is 0.000000407. The molecule has 2 aliphatic heterocycles. The number of carbonyl (C=O) groups is 1. The van der Waals surface area contributed by atoms with Gasteiger partial charge in [-0.3, -0.25) is 15.1 Å². The summed E-state index contributed by atoms with van der Waals surface area (Å²) in [6, 6.07) is 8.08. The number of ether oxygens (including phenoxy) is 5. The van der Waals surface area contributed by atoms with Gasteiger partial charge in [0.2, 0.25) is 0 Å². The number of halogens is 1. The summed E-state index contributed by atoms with van der Waals surface area (Å²) in [5.74, 6) is -0.615. The van der Waals surface area contributed by atoms with E-state index in [1.165, 1.54) is 5.56 Å². The highest BCUT2D eigenvalue weighted by Crippen LogP contribution is 2.18. The van der Waals surface area contributed by atoms with Crippen molar-refractivity contribution < 1.29 is 28.5 Å². The molecule has 0 saturated carbocycles. The Morgan fingerprint density at radius 1 is 0.956 bits per heavy atom. The lowest BCUT2D eigenvalue weighted by atomic mass is 10.1. The van der Waals surface area contributed by atoms with Crippen LogP contribution in [0.5, 0.6) is 5.75 Å². The van der Waals surface area contributed by atoms with Crippen LogP contribution in [0.25, 0.3) is 0 Å². The first-order chi connectivity index (χ1) is 21.2. The molecule has 1 aromatic heterocycles. The summed E-state index contributed by atoms with van der Waals surface area (Å²) in [4.78, 5) is 26.0. The number of hydrogen-bond donors (Lipinski definition) is 4. The molecule has 3 heterocycles. The second-order valence-electron chi connectivity index (χ2n) is 11.3. The second-order valence-corrected chi connectivity index (χ2v) is 11.7. The van der Waals surface area contributed by atoms with E-state index < -0.39 is 5.91 Å². The molecule has 7 N–H and O–H groups in total. The van der Waals surface area contributed by atoms with Gasteiger partial charge in [0.05, 0.1) is 26.4 Å². The van der Waals surface area contributed by atoms with Crippen LogP contribution in [0.4, 0.5) is 11.6 Å². The van der Waals surface area contributed by atoms with Gasteiger partial charge in [0.1, 0.15) is 12.4 Å². The largest absolute Gasteiger partial charge is 0.492 e. The molecule has 2 aliphatic rings. The SMILES string of the molecule is CC1(C)OCCO1.CC1(C)OCCO1.CN(C)CCOc1ccc(CCCCN=C(N)NC(=O)c2nc(Cl)c(N)nc2N)cc1. The molecular weight excluding hydrogens is 604 g/mol. The molecule has 0 aliphatic carbocycles. The number of amides is 1. The van der Waals surface area contributed by atoms with Gasteiger partial charge in [-0.2, -0.15) is 0 Å². The Morgan fingerprint density at radius 3 is 2.00 bits per heavy atom. The van der Waals surface area contributed by atoms with Crippen molar-refractivity contribution >= 4 is 35.1 Å². The van der Waals surface area contributed by atoms with Crippen molar-refractivity contribution in [2.45, 2.75) is 58.5 Å². The fourth-order valence-electron chi connectivity index (χ4n) is 3.80. The number of nitrogen functional groups attached to an aromatic ring is 2. The number of guanidine groups is 1. The predicted molar refractivity (Wildman–Crippen MR) is 175 cm³/mol. The van der Waals surface area contributed by atoms with E-state index in [-0.39, 0.29) is 40.0 Å². The molecule has 14 nitrogen and oxygen atoms in total. The zero-order valence-corrected chi connectivity index (χ0v) is 28.0. The third-order valence-corrected chi connectivity index (χ3v) is 6.49. The lowest BCUT2D eigenvalue weighted by Crippen LogP contribution is -2.38. The summed E-state index contributed by atoms with van der Waals surface area (Å²) in [6.07, 6.45) is 2.65. The number of hydrogen-bond acceptors (Lipinski definition) is 12. The number of carbonyl (C=O) groups excluding carboxylic acids is 1. The normalized spacial score (nSPS) is 16.8. The molecule has 45 heavy (non-hydrogen) atoms. The minimum absolute atomic E-state index is 0.0293. The number of aliphatic imine (C=N–C) groups is 1. The van der Waals surface area contributed by atoms with Crippen molar-refractivity contribution in [1.29, 1.82) is 0 Å². The van der Waals surface area contributed by atoms with Gasteiger partial charge in [0.25, 0.3) is 5.91 Å². The number of nitrogens with two attached hydrogens (primary N) is 3. The third kappa shape index (κ3) is 15.5. The van der Waals surface area contributed by atoms with E-state index in [1.807, 2.05) is 53.9 Å². The van der Waals surface area contributed by atoms with Gasteiger partial charge in [-0.15, -0.1) is 0 Å². The van der Waals surface area contributed by atoms with E-state index in [4.69, 9.17) is 52.5 Å². The van der Waals surface area contributed by atoms with Crippen molar-refractivity contribution in [3.63, 3.8) is 0 Å². The van der Waals surface area contributed by atoms with Crippen LogP contribution in [-0.4, -0.2) is 98.5 Å². The lowest BCUT2D eigenvalue weighted by molar-refractivity contribution is -0.126. The van der Waals surface area contributed by atoms with Crippen LogP contribution >= 0.6 is 11.6 Å². The monoisotopic (exact) mass is 652 g/mol. The number of rotatable bonds is 10. The van der Waals surface area contributed by atoms with Crippen LogP contribution in [-0.2, 0) is 25.4 Å². The fraction of sp³-hybridized carbons (Fsp3) is 0.600. The minimum Gasteiger partial charge on any atom is -0.492 e. The first kappa shape index (κ1) is 37.9. The minimum atomic E-state index is -0.652. The van der Waals surface area contributed by atoms with Crippen molar-refractivity contribution in [2.24, 2.45) is 10.7 Å². The van der Waals surface area contributed by atoms with Gasteiger partial charge in [-0.1, -0.05) is 23.7 Å². The first-order valence-electron chi connectivity index (χ1n) is 14.8. The highest BCUT2D eigenvalue weighted by molar-refractivity contribution is 6.31. The van der Waals surface area contributed by atoms with Crippen molar-refractivity contribution in [2.75, 3.05) is 71.7 Å². The molecule has 0 spiro atoms. The molecule has 0 bridgehead atoms. The summed E-state index contributed by atoms with van der Waals surface area (Å²) in [7, 11) is 4.02. The molecule has 1 aromatic carbocycles. The standard InChI is InChI=1S/C20H29ClN8O2.2C5H10O2/c1-29(2)11-12-31-14-8-6-13(7-9-14)5-3-4-10-25-20(24)28-19(30)15-17(22)27-18(23)16(21)26-15;2*1-5(2)6-3-4-7-5/h6-9H,3-5,10-12H2,1-2H3,(H4,22,23,27)(H3,24,25,28,30);2*3-4H2,1-2H3. The molecular formula is C30H49ClN8O6.